The summed E-state index contributed by atoms with van der Waals surface area (Å²) in [5.74, 6) is -0.660. The Bertz CT molecular complexity index is 505. The maximum Gasteiger partial charge on any atom is 0.329 e. The van der Waals surface area contributed by atoms with Gasteiger partial charge in [-0.2, -0.15) is 0 Å². The zero-order valence-corrected chi connectivity index (χ0v) is 13.3. The van der Waals surface area contributed by atoms with Crippen molar-refractivity contribution in [1.29, 1.82) is 0 Å². The quantitative estimate of drug-likeness (QED) is 0.819. The lowest BCUT2D eigenvalue weighted by atomic mass is 10.0. The lowest BCUT2D eigenvalue weighted by molar-refractivity contribution is -0.155. The van der Waals surface area contributed by atoms with Crippen LogP contribution < -0.4 is 0 Å². The fraction of sp³-hybridized carbons (Fsp3) is 0.429. The molecule has 0 spiro atoms. The number of thioether (sulfide) groups is 1. The Morgan fingerprint density at radius 1 is 1.35 bits per heavy atom. The second-order valence-corrected chi connectivity index (χ2v) is 6.39. The van der Waals surface area contributed by atoms with E-state index in [4.69, 9.17) is 16.7 Å². The lowest BCUT2D eigenvalue weighted by Gasteiger charge is -2.31. The molecule has 0 unspecified atom stereocenters. The van der Waals surface area contributed by atoms with Crippen LogP contribution in [0.15, 0.2) is 29.2 Å². The van der Waals surface area contributed by atoms with Gasteiger partial charge in [0.05, 0.1) is 5.02 Å². The van der Waals surface area contributed by atoms with Crippen molar-refractivity contribution in [2.24, 2.45) is 0 Å². The molecule has 4 nitrogen and oxygen atoms in total. The third-order valence-corrected chi connectivity index (χ3v) is 4.66. The molecule has 0 radical (unpaired) electrons. The van der Waals surface area contributed by atoms with Crippen molar-refractivity contribution < 1.29 is 14.7 Å². The smallest absolute Gasteiger partial charge is 0.329 e. The maximum absolute atomic E-state index is 12.0. The molecule has 0 aliphatic heterocycles. The van der Waals surface area contributed by atoms with Crippen LogP contribution in [-0.2, 0) is 9.59 Å². The Morgan fingerprint density at radius 2 is 1.95 bits per heavy atom. The molecule has 1 aromatic rings. The number of carboxylic acids is 1. The molecule has 0 saturated carbocycles. The molecule has 110 valence electrons. The van der Waals surface area contributed by atoms with Gasteiger partial charge in [0, 0.05) is 24.1 Å². The first-order valence-electron chi connectivity index (χ1n) is 6.14. The van der Waals surface area contributed by atoms with Gasteiger partial charge in [0.25, 0.3) is 0 Å². The molecule has 0 aliphatic carbocycles. The predicted molar refractivity (Wildman–Crippen MR) is 81.3 cm³/mol. The van der Waals surface area contributed by atoms with Gasteiger partial charge in [-0.15, -0.1) is 11.8 Å². The van der Waals surface area contributed by atoms with Gasteiger partial charge in [0.1, 0.15) is 5.54 Å². The van der Waals surface area contributed by atoms with E-state index in [1.54, 1.807) is 6.07 Å². The molecule has 0 heterocycles. The molecular weight excluding hydrogens is 298 g/mol. The maximum atomic E-state index is 12.0. The summed E-state index contributed by atoms with van der Waals surface area (Å²) in [4.78, 5) is 25.3. The molecule has 1 rings (SSSR count). The number of amides is 1. The molecular formula is C14H18ClNO3S. The SMILES string of the molecule is CN(C(=O)CCSc1ccccc1Cl)C(C)(C)C(=O)O. The van der Waals surface area contributed by atoms with E-state index in [1.807, 2.05) is 18.2 Å². The highest BCUT2D eigenvalue weighted by molar-refractivity contribution is 7.99. The van der Waals surface area contributed by atoms with Crippen molar-refractivity contribution in [1.82, 2.24) is 4.90 Å². The average molecular weight is 316 g/mol. The number of likely N-dealkylation sites (N-methyl/N-ethyl adjacent to an activating group) is 1. The van der Waals surface area contributed by atoms with Crippen molar-refractivity contribution in [3.8, 4) is 0 Å². The summed E-state index contributed by atoms with van der Waals surface area (Å²) in [5.41, 5.74) is -1.20. The minimum atomic E-state index is -1.20. The number of carbonyl (C=O) groups is 2. The van der Waals surface area contributed by atoms with Crippen LogP contribution in [-0.4, -0.2) is 40.2 Å². The van der Waals surface area contributed by atoms with Crippen LogP contribution >= 0.6 is 23.4 Å². The van der Waals surface area contributed by atoms with E-state index in [0.717, 1.165) is 4.90 Å². The molecule has 0 atom stereocenters. The summed E-state index contributed by atoms with van der Waals surface area (Å²) in [6, 6.07) is 7.42. The Balaban J connectivity index is 2.52. The monoisotopic (exact) mass is 315 g/mol. The minimum Gasteiger partial charge on any atom is -0.480 e. The number of hydrogen-bond donors (Lipinski definition) is 1. The van der Waals surface area contributed by atoms with E-state index in [9.17, 15) is 9.59 Å². The van der Waals surface area contributed by atoms with Crippen LogP contribution in [0.3, 0.4) is 0 Å². The van der Waals surface area contributed by atoms with Crippen LogP contribution in [0.4, 0.5) is 0 Å². The fourth-order valence-corrected chi connectivity index (χ4v) is 2.61. The Labute approximate surface area is 128 Å². The second kappa shape index (κ2) is 6.99. The van der Waals surface area contributed by atoms with Gasteiger partial charge in [0.2, 0.25) is 5.91 Å². The van der Waals surface area contributed by atoms with Gasteiger partial charge in [-0.05, 0) is 26.0 Å². The number of aliphatic carboxylic acids is 1. The summed E-state index contributed by atoms with van der Waals surface area (Å²) in [7, 11) is 1.51. The van der Waals surface area contributed by atoms with E-state index in [-0.39, 0.29) is 12.3 Å². The van der Waals surface area contributed by atoms with Gasteiger partial charge in [-0.25, -0.2) is 4.79 Å². The topological polar surface area (TPSA) is 57.6 Å². The highest BCUT2D eigenvalue weighted by atomic mass is 35.5. The van der Waals surface area contributed by atoms with E-state index in [0.29, 0.717) is 10.8 Å². The van der Waals surface area contributed by atoms with Crippen LogP contribution in [0.1, 0.15) is 20.3 Å². The molecule has 0 aliphatic rings. The average Bonchev–Trinajstić information content (AvgIpc) is 2.39. The van der Waals surface area contributed by atoms with Gasteiger partial charge in [0.15, 0.2) is 0 Å². The molecule has 0 aromatic heterocycles. The van der Waals surface area contributed by atoms with Crippen molar-refractivity contribution in [2.75, 3.05) is 12.8 Å². The normalized spacial score (nSPS) is 11.2. The predicted octanol–water partition coefficient (Wildman–Crippen LogP) is 3.14. The molecule has 0 fully saturated rings. The first-order valence-corrected chi connectivity index (χ1v) is 7.50. The number of nitrogens with zero attached hydrogens (tertiary/aromatic N) is 1. The molecule has 6 heteroatoms. The third kappa shape index (κ3) is 4.15. The van der Waals surface area contributed by atoms with E-state index in [2.05, 4.69) is 0 Å². The number of rotatable bonds is 6. The number of hydrogen-bond acceptors (Lipinski definition) is 3. The van der Waals surface area contributed by atoms with Crippen molar-refractivity contribution in [3.05, 3.63) is 29.3 Å². The summed E-state index contributed by atoms with van der Waals surface area (Å²) in [5, 5.41) is 9.74. The summed E-state index contributed by atoms with van der Waals surface area (Å²) in [6.45, 7) is 3.02. The summed E-state index contributed by atoms with van der Waals surface area (Å²) >= 11 is 7.51. The second-order valence-electron chi connectivity index (χ2n) is 4.85. The number of benzene rings is 1. The Hall–Kier alpha value is -1.20. The van der Waals surface area contributed by atoms with Crippen LogP contribution in [0.25, 0.3) is 0 Å². The van der Waals surface area contributed by atoms with Gasteiger partial charge in [-0.1, -0.05) is 23.7 Å². The Morgan fingerprint density at radius 3 is 2.50 bits per heavy atom. The van der Waals surface area contributed by atoms with Crippen LogP contribution in [0.5, 0.6) is 0 Å². The van der Waals surface area contributed by atoms with Gasteiger partial charge >= 0.3 is 5.97 Å². The highest BCUT2D eigenvalue weighted by Crippen LogP contribution is 2.27. The number of carboxylic acid groups (broad SMARTS) is 1. The van der Waals surface area contributed by atoms with Gasteiger partial charge in [-0.3, -0.25) is 4.79 Å². The van der Waals surface area contributed by atoms with E-state index >= 15 is 0 Å². The van der Waals surface area contributed by atoms with Crippen LogP contribution in [0.2, 0.25) is 5.02 Å². The molecule has 1 amide bonds. The lowest BCUT2D eigenvalue weighted by Crippen LogP contribution is -2.50. The van der Waals surface area contributed by atoms with E-state index in [1.165, 1.54) is 37.6 Å². The zero-order chi connectivity index (χ0) is 15.3. The largest absolute Gasteiger partial charge is 0.480 e. The van der Waals surface area contributed by atoms with Gasteiger partial charge < -0.3 is 10.0 Å². The third-order valence-electron chi connectivity index (χ3n) is 3.15. The van der Waals surface area contributed by atoms with Crippen LogP contribution in [0, 0.1) is 0 Å². The Kier molecular flexibility index (Phi) is 5.89. The number of carbonyl (C=O) groups excluding carboxylic acids is 1. The summed E-state index contributed by atoms with van der Waals surface area (Å²) < 4.78 is 0. The molecule has 20 heavy (non-hydrogen) atoms. The first kappa shape index (κ1) is 16.9. The molecule has 0 saturated heterocycles. The number of halogens is 1. The van der Waals surface area contributed by atoms with Crippen molar-refractivity contribution in [2.45, 2.75) is 30.7 Å². The first-order chi connectivity index (χ1) is 9.26. The molecule has 1 aromatic carbocycles. The fourth-order valence-electron chi connectivity index (χ4n) is 1.43. The molecule has 1 N–H and O–H groups in total. The minimum absolute atomic E-state index is 0.197. The van der Waals surface area contributed by atoms with Crippen molar-refractivity contribution >= 4 is 35.2 Å². The summed E-state index contributed by atoms with van der Waals surface area (Å²) in [6.07, 6.45) is 0.267. The molecule has 0 bridgehead atoms. The zero-order valence-electron chi connectivity index (χ0n) is 11.7. The van der Waals surface area contributed by atoms with E-state index < -0.39 is 11.5 Å². The standard InChI is InChI=1S/C14H18ClNO3S/c1-14(2,13(18)19)16(3)12(17)8-9-20-11-7-5-4-6-10(11)15/h4-7H,8-9H2,1-3H3,(H,18,19). The van der Waals surface area contributed by atoms with Crippen molar-refractivity contribution in [3.63, 3.8) is 0 Å². The highest BCUT2D eigenvalue weighted by Gasteiger charge is 2.34.